The number of anilines is 2. The van der Waals surface area contributed by atoms with Gasteiger partial charge in [-0.1, -0.05) is 31.2 Å². The minimum atomic E-state index is -0.589. The van der Waals surface area contributed by atoms with Gasteiger partial charge in [-0.3, -0.25) is 15.0 Å². The quantitative estimate of drug-likeness (QED) is 0.605. The first kappa shape index (κ1) is 18.1. The lowest BCUT2D eigenvalue weighted by Gasteiger charge is -2.31. The maximum atomic E-state index is 10.8. The summed E-state index contributed by atoms with van der Waals surface area (Å²) in [5.74, 6) is 0.892. The predicted molar refractivity (Wildman–Crippen MR) is 101 cm³/mol. The Kier molecular flexibility index (Phi) is 5.62. The SMILES string of the molecule is CC1CCCN(Cc2ccccc2CNc2ncc([N+](=O)[O-])c(N)n2)C1. The monoisotopic (exact) mass is 356 g/mol. The van der Waals surface area contributed by atoms with Crippen molar-refractivity contribution in [1.82, 2.24) is 14.9 Å². The van der Waals surface area contributed by atoms with Crippen molar-refractivity contribution in [3.05, 3.63) is 51.7 Å². The minimum absolute atomic E-state index is 0.136. The lowest BCUT2D eigenvalue weighted by molar-refractivity contribution is -0.384. The van der Waals surface area contributed by atoms with E-state index in [0.717, 1.165) is 37.3 Å². The van der Waals surface area contributed by atoms with Crippen molar-refractivity contribution >= 4 is 17.5 Å². The van der Waals surface area contributed by atoms with E-state index in [1.54, 1.807) is 0 Å². The van der Waals surface area contributed by atoms with Crippen molar-refractivity contribution < 1.29 is 4.92 Å². The number of nitrogen functional groups attached to an aromatic ring is 1. The van der Waals surface area contributed by atoms with E-state index in [4.69, 9.17) is 5.73 Å². The summed E-state index contributed by atoms with van der Waals surface area (Å²) in [6, 6.07) is 8.27. The Morgan fingerprint density at radius 3 is 2.85 bits per heavy atom. The normalized spacial score (nSPS) is 17.8. The number of nitrogens with one attached hydrogen (secondary N) is 1. The number of piperidine rings is 1. The molecule has 0 aliphatic carbocycles. The van der Waals surface area contributed by atoms with Crippen LogP contribution in [0.1, 0.15) is 30.9 Å². The van der Waals surface area contributed by atoms with Crippen LogP contribution in [0.5, 0.6) is 0 Å². The van der Waals surface area contributed by atoms with Gasteiger partial charge in [-0.15, -0.1) is 0 Å². The van der Waals surface area contributed by atoms with Crippen LogP contribution < -0.4 is 11.1 Å². The van der Waals surface area contributed by atoms with Crippen LogP contribution in [0.4, 0.5) is 17.5 Å². The molecule has 2 heterocycles. The zero-order valence-corrected chi connectivity index (χ0v) is 14.9. The maximum absolute atomic E-state index is 10.8. The first-order valence-corrected chi connectivity index (χ1v) is 8.83. The second-order valence-electron chi connectivity index (χ2n) is 6.83. The zero-order valence-electron chi connectivity index (χ0n) is 14.9. The van der Waals surface area contributed by atoms with E-state index in [1.165, 1.54) is 18.4 Å². The first-order valence-electron chi connectivity index (χ1n) is 8.83. The average Bonchev–Trinajstić information content (AvgIpc) is 2.61. The summed E-state index contributed by atoms with van der Waals surface area (Å²) in [4.78, 5) is 20.6. The average molecular weight is 356 g/mol. The van der Waals surface area contributed by atoms with E-state index in [9.17, 15) is 10.1 Å². The molecule has 2 aromatic rings. The number of rotatable bonds is 6. The van der Waals surface area contributed by atoms with Crippen LogP contribution in [-0.2, 0) is 13.1 Å². The molecule has 1 aliphatic rings. The summed E-state index contributed by atoms with van der Waals surface area (Å²) >= 11 is 0. The molecule has 26 heavy (non-hydrogen) atoms. The molecule has 138 valence electrons. The highest BCUT2D eigenvalue weighted by atomic mass is 16.6. The number of likely N-dealkylation sites (tertiary alicyclic amines) is 1. The number of hydrogen-bond acceptors (Lipinski definition) is 7. The van der Waals surface area contributed by atoms with Crippen LogP contribution in [0.15, 0.2) is 30.5 Å². The van der Waals surface area contributed by atoms with Gasteiger partial charge in [0.15, 0.2) is 0 Å². The second kappa shape index (κ2) is 8.09. The molecule has 1 unspecified atom stereocenters. The van der Waals surface area contributed by atoms with E-state index in [0.29, 0.717) is 6.54 Å². The van der Waals surface area contributed by atoms with Crippen molar-refractivity contribution in [3.63, 3.8) is 0 Å². The van der Waals surface area contributed by atoms with Crippen molar-refractivity contribution in [2.24, 2.45) is 5.92 Å². The molecule has 0 amide bonds. The van der Waals surface area contributed by atoms with E-state index < -0.39 is 4.92 Å². The zero-order chi connectivity index (χ0) is 18.5. The largest absolute Gasteiger partial charge is 0.378 e. The molecule has 1 aromatic carbocycles. The van der Waals surface area contributed by atoms with Gasteiger partial charge >= 0.3 is 5.69 Å². The van der Waals surface area contributed by atoms with E-state index >= 15 is 0 Å². The maximum Gasteiger partial charge on any atom is 0.329 e. The highest BCUT2D eigenvalue weighted by molar-refractivity contribution is 5.53. The molecule has 1 saturated heterocycles. The summed E-state index contributed by atoms with van der Waals surface area (Å²) in [5.41, 5.74) is 7.76. The standard InChI is InChI=1S/C18H24N6O2/c1-13-5-4-8-23(11-13)12-15-7-3-2-6-14(15)9-20-18-21-10-16(24(25)26)17(19)22-18/h2-3,6-7,10,13H,4-5,8-9,11-12H2,1H3,(H3,19,20,21,22). The van der Waals surface area contributed by atoms with Crippen molar-refractivity contribution in [2.45, 2.75) is 32.9 Å². The fourth-order valence-electron chi connectivity index (χ4n) is 3.34. The molecule has 1 fully saturated rings. The third-order valence-electron chi connectivity index (χ3n) is 4.69. The van der Waals surface area contributed by atoms with Crippen LogP contribution in [0.25, 0.3) is 0 Å². The van der Waals surface area contributed by atoms with Gasteiger partial charge in [0.25, 0.3) is 0 Å². The summed E-state index contributed by atoms with van der Waals surface area (Å²) in [5, 5.41) is 13.9. The molecule has 1 atom stereocenters. The van der Waals surface area contributed by atoms with Gasteiger partial charge in [-0.2, -0.15) is 4.98 Å². The Balaban J connectivity index is 1.67. The summed E-state index contributed by atoms with van der Waals surface area (Å²) in [6.45, 7) is 6.02. The molecule has 8 heteroatoms. The van der Waals surface area contributed by atoms with Crippen molar-refractivity contribution in [1.29, 1.82) is 0 Å². The molecule has 3 rings (SSSR count). The third kappa shape index (κ3) is 4.45. The van der Waals surface area contributed by atoms with Crippen LogP contribution in [0.2, 0.25) is 0 Å². The van der Waals surface area contributed by atoms with E-state index in [1.807, 2.05) is 12.1 Å². The molecular weight excluding hydrogens is 332 g/mol. The highest BCUT2D eigenvalue weighted by Gasteiger charge is 2.18. The van der Waals surface area contributed by atoms with Gasteiger partial charge in [0.05, 0.1) is 4.92 Å². The predicted octanol–water partition coefficient (Wildman–Crippen LogP) is 2.81. The molecule has 8 nitrogen and oxygen atoms in total. The van der Waals surface area contributed by atoms with Gasteiger partial charge in [0.1, 0.15) is 6.20 Å². The smallest absolute Gasteiger partial charge is 0.329 e. The summed E-state index contributed by atoms with van der Waals surface area (Å²) < 4.78 is 0. The second-order valence-corrected chi connectivity index (χ2v) is 6.83. The first-order chi connectivity index (χ1) is 12.5. The topological polar surface area (TPSA) is 110 Å². The molecule has 0 radical (unpaired) electrons. The number of aromatic nitrogens is 2. The van der Waals surface area contributed by atoms with Gasteiger partial charge in [-0.05, 0) is 36.4 Å². The molecule has 0 bridgehead atoms. The summed E-state index contributed by atoms with van der Waals surface area (Å²) in [7, 11) is 0. The number of nitrogens with zero attached hydrogens (tertiary/aromatic N) is 4. The third-order valence-corrected chi connectivity index (χ3v) is 4.69. The van der Waals surface area contributed by atoms with Gasteiger partial charge in [-0.25, -0.2) is 4.98 Å². The van der Waals surface area contributed by atoms with Crippen LogP contribution in [-0.4, -0.2) is 32.9 Å². The van der Waals surface area contributed by atoms with Gasteiger partial charge < -0.3 is 11.1 Å². The Hall–Kier alpha value is -2.74. The Bertz CT molecular complexity index is 782. The Labute approximate surface area is 152 Å². The van der Waals surface area contributed by atoms with Crippen molar-refractivity contribution in [2.75, 3.05) is 24.1 Å². The minimum Gasteiger partial charge on any atom is -0.378 e. The molecule has 0 spiro atoms. The number of nitro groups is 1. The fraction of sp³-hybridized carbons (Fsp3) is 0.444. The van der Waals surface area contributed by atoms with Crippen LogP contribution >= 0.6 is 0 Å². The van der Waals surface area contributed by atoms with Crippen molar-refractivity contribution in [3.8, 4) is 0 Å². The molecular formula is C18H24N6O2. The Morgan fingerprint density at radius 2 is 2.15 bits per heavy atom. The fourth-order valence-corrected chi connectivity index (χ4v) is 3.34. The Morgan fingerprint density at radius 1 is 1.38 bits per heavy atom. The van der Waals surface area contributed by atoms with Crippen LogP contribution in [0, 0.1) is 16.0 Å². The number of nitrogens with two attached hydrogens (primary N) is 1. The highest BCUT2D eigenvalue weighted by Crippen LogP contribution is 2.21. The molecule has 1 aromatic heterocycles. The van der Waals surface area contributed by atoms with E-state index in [-0.39, 0.29) is 17.5 Å². The molecule has 0 saturated carbocycles. The molecule has 1 aliphatic heterocycles. The van der Waals surface area contributed by atoms with Crippen LogP contribution in [0.3, 0.4) is 0 Å². The van der Waals surface area contributed by atoms with Gasteiger partial charge in [0.2, 0.25) is 11.8 Å². The number of hydrogen-bond donors (Lipinski definition) is 2. The number of benzene rings is 1. The van der Waals surface area contributed by atoms with E-state index in [2.05, 4.69) is 39.2 Å². The lowest BCUT2D eigenvalue weighted by Crippen LogP contribution is -2.34. The summed E-state index contributed by atoms with van der Waals surface area (Å²) in [6.07, 6.45) is 3.68. The van der Waals surface area contributed by atoms with Gasteiger partial charge in [0, 0.05) is 19.6 Å². The lowest BCUT2D eigenvalue weighted by atomic mass is 9.99. The molecule has 3 N–H and O–H groups in total.